The zero-order chi connectivity index (χ0) is 12.4. The van der Waals surface area contributed by atoms with Crippen molar-refractivity contribution in [2.75, 3.05) is 11.9 Å². The van der Waals surface area contributed by atoms with E-state index in [0.717, 1.165) is 22.1 Å². The van der Waals surface area contributed by atoms with E-state index in [1.807, 2.05) is 48.8 Å². The highest BCUT2D eigenvalue weighted by molar-refractivity contribution is 7.80. The maximum Gasteiger partial charge on any atom is 0.0832 e. The highest BCUT2D eigenvalue weighted by atomic mass is 32.1. The Morgan fingerprint density at radius 2 is 2.18 bits per heavy atom. The predicted molar refractivity (Wildman–Crippen MR) is 72.8 cm³/mol. The maximum atomic E-state index is 5.16. The second-order valence-electron chi connectivity index (χ2n) is 3.82. The van der Waals surface area contributed by atoms with E-state index in [4.69, 9.17) is 12.2 Å². The third-order valence-electron chi connectivity index (χ3n) is 2.71. The van der Waals surface area contributed by atoms with Crippen molar-refractivity contribution in [1.82, 2.24) is 14.8 Å². The Balaban J connectivity index is 2.43. The highest BCUT2D eigenvalue weighted by Crippen LogP contribution is 2.21. The van der Waals surface area contributed by atoms with Crippen molar-refractivity contribution >= 4 is 22.9 Å². The van der Waals surface area contributed by atoms with Gasteiger partial charge in [-0.2, -0.15) is 5.10 Å². The first-order chi connectivity index (χ1) is 8.11. The fourth-order valence-electron chi connectivity index (χ4n) is 1.64. The van der Waals surface area contributed by atoms with Gasteiger partial charge in [0.2, 0.25) is 0 Å². The fraction of sp³-hybridized carbons (Fsp3) is 0.250. The van der Waals surface area contributed by atoms with Gasteiger partial charge >= 0.3 is 0 Å². The number of nitrogens with zero attached hydrogens (tertiary/aromatic N) is 4. The van der Waals surface area contributed by atoms with Gasteiger partial charge in [0.15, 0.2) is 0 Å². The van der Waals surface area contributed by atoms with Crippen LogP contribution in [-0.4, -0.2) is 26.8 Å². The van der Waals surface area contributed by atoms with Gasteiger partial charge in [-0.3, -0.25) is 4.98 Å². The number of thiocarbonyl (C=S) groups is 1. The van der Waals surface area contributed by atoms with Gasteiger partial charge in [-0.15, -0.1) is 0 Å². The van der Waals surface area contributed by atoms with Crippen molar-refractivity contribution < 1.29 is 0 Å². The summed E-state index contributed by atoms with van der Waals surface area (Å²) < 4.78 is 1.86. The van der Waals surface area contributed by atoms with Crippen LogP contribution in [0.5, 0.6) is 0 Å². The summed E-state index contributed by atoms with van der Waals surface area (Å²) in [5, 5.41) is 4.36. The first kappa shape index (κ1) is 11.7. The van der Waals surface area contributed by atoms with Crippen molar-refractivity contribution in [2.45, 2.75) is 13.8 Å². The summed E-state index contributed by atoms with van der Waals surface area (Å²) in [5.41, 5.74) is 3.01. The molecule has 0 aliphatic rings. The molecule has 2 rings (SSSR count). The standard InChI is InChI=1S/C12H14N4S/c1-9-12(15(3)10(2)17)8-14-16(9)11-5-4-6-13-7-11/h4-8H,1-3H3. The quantitative estimate of drug-likeness (QED) is 0.762. The van der Waals surface area contributed by atoms with Crippen LogP contribution in [0.4, 0.5) is 5.69 Å². The largest absolute Gasteiger partial charge is 0.337 e. The lowest BCUT2D eigenvalue weighted by atomic mass is 10.3. The van der Waals surface area contributed by atoms with Gasteiger partial charge in [-0.05, 0) is 26.0 Å². The molecule has 17 heavy (non-hydrogen) atoms. The second kappa shape index (κ2) is 4.63. The van der Waals surface area contributed by atoms with Gasteiger partial charge in [0.1, 0.15) is 0 Å². The lowest BCUT2D eigenvalue weighted by Gasteiger charge is -2.16. The summed E-state index contributed by atoms with van der Waals surface area (Å²) in [4.78, 5) is 6.86. The number of hydrogen-bond donors (Lipinski definition) is 0. The van der Waals surface area contributed by atoms with Crippen LogP contribution in [0.1, 0.15) is 12.6 Å². The smallest absolute Gasteiger partial charge is 0.0832 e. The van der Waals surface area contributed by atoms with Crippen molar-refractivity contribution in [2.24, 2.45) is 0 Å². The van der Waals surface area contributed by atoms with E-state index in [1.54, 1.807) is 12.4 Å². The number of pyridine rings is 1. The molecule has 5 heteroatoms. The number of aromatic nitrogens is 3. The zero-order valence-corrected chi connectivity index (χ0v) is 10.9. The monoisotopic (exact) mass is 246 g/mol. The van der Waals surface area contributed by atoms with Crippen LogP contribution in [0.25, 0.3) is 5.69 Å². The van der Waals surface area contributed by atoms with Crippen LogP contribution in [0.2, 0.25) is 0 Å². The fourth-order valence-corrected chi connectivity index (χ4v) is 1.74. The van der Waals surface area contributed by atoms with E-state index >= 15 is 0 Å². The van der Waals surface area contributed by atoms with Gasteiger partial charge in [-0.25, -0.2) is 4.68 Å². The minimum atomic E-state index is 0.818. The maximum absolute atomic E-state index is 5.16. The second-order valence-corrected chi connectivity index (χ2v) is 4.41. The van der Waals surface area contributed by atoms with E-state index in [0.29, 0.717) is 0 Å². The molecule has 0 saturated carbocycles. The molecular weight excluding hydrogens is 232 g/mol. The SMILES string of the molecule is CC(=S)N(C)c1cnn(-c2cccnc2)c1C. The van der Waals surface area contributed by atoms with E-state index in [-0.39, 0.29) is 0 Å². The van der Waals surface area contributed by atoms with E-state index in [2.05, 4.69) is 10.1 Å². The summed E-state index contributed by atoms with van der Waals surface area (Å²) in [7, 11) is 1.94. The molecule has 0 radical (unpaired) electrons. The Hall–Kier alpha value is -1.75. The number of hydrogen-bond acceptors (Lipinski definition) is 3. The normalized spacial score (nSPS) is 10.3. The average Bonchev–Trinajstić information content (AvgIpc) is 2.71. The molecule has 2 aromatic heterocycles. The number of anilines is 1. The van der Waals surface area contributed by atoms with Gasteiger partial charge < -0.3 is 4.90 Å². The molecule has 0 unspecified atom stereocenters. The minimum Gasteiger partial charge on any atom is -0.337 e. The molecule has 0 atom stereocenters. The van der Waals surface area contributed by atoms with Crippen LogP contribution in [0.3, 0.4) is 0 Å². The topological polar surface area (TPSA) is 34.0 Å². The van der Waals surface area contributed by atoms with Crippen LogP contribution in [-0.2, 0) is 0 Å². The molecule has 2 aromatic rings. The van der Waals surface area contributed by atoms with Gasteiger partial charge in [-0.1, -0.05) is 12.2 Å². The summed E-state index contributed by atoms with van der Waals surface area (Å²) in [5.74, 6) is 0. The molecule has 0 aliphatic heterocycles. The number of rotatable bonds is 2. The molecule has 0 aromatic carbocycles. The average molecular weight is 246 g/mol. The Kier molecular flexibility index (Phi) is 3.19. The molecule has 88 valence electrons. The van der Waals surface area contributed by atoms with Crippen LogP contribution >= 0.6 is 12.2 Å². The first-order valence-corrected chi connectivity index (χ1v) is 5.71. The molecule has 0 fully saturated rings. The van der Waals surface area contributed by atoms with Gasteiger partial charge in [0, 0.05) is 13.2 Å². The lowest BCUT2D eigenvalue weighted by molar-refractivity contribution is 0.841. The van der Waals surface area contributed by atoms with Gasteiger partial charge in [0.25, 0.3) is 0 Å². The summed E-state index contributed by atoms with van der Waals surface area (Å²) in [6.45, 7) is 3.92. The molecule has 0 saturated heterocycles. The third-order valence-corrected chi connectivity index (χ3v) is 2.98. The predicted octanol–water partition coefficient (Wildman–Crippen LogP) is 2.36. The molecule has 0 spiro atoms. The highest BCUT2D eigenvalue weighted by Gasteiger charge is 2.12. The molecular formula is C12H14N4S. The Morgan fingerprint density at radius 1 is 1.41 bits per heavy atom. The third kappa shape index (κ3) is 2.19. The summed E-state index contributed by atoms with van der Waals surface area (Å²) >= 11 is 5.16. The van der Waals surface area contributed by atoms with Crippen LogP contribution in [0, 0.1) is 6.92 Å². The summed E-state index contributed by atoms with van der Waals surface area (Å²) in [6, 6.07) is 3.87. The van der Waals surface area contributed by atoms with Crippen molar-refractivity contribution in [3.05, 3.63) is 36.4 Å². The Morgan fingerprint density at radius 3 is 2.76 bits per heavy atom. The van der Waals surface area contributed by atoms with E-state index < -0.39 is 0 Å². The van der Waals surface area contributed by atoms with Crippen molar-refractivity contribution in [3.63, 3.8) is 0 Å². The molecule has 2 heterocycles. The van der Waals surface area contributed by atoms with E-state index in [9.17, 15) is 0 Å². The zero-order valence-electron chi connectivity index (χ0n) is 10.1. The molecule has 4 nitrogen and oxygen atoms in total. The van der Waals surface area contributed by atoms with Gasteiger partial charge in [0.05, 0.1) is 34.5 Å². The first-order valence-electron chi connectivity index (χ1n) is 5.30. The molecule has 0 bridgehead atoms. The minimum absolute atomic E-state index is 0.818. The molecule has 0 N–H and O–H groups in total. The Labute approximate surface area is 106 Å². The lowest BCUT2D eigenvalue weighted by Crippen LogP contribution is -2.21. The molecule has 0 aliphatic carbocycles. The summed E-state index contributed by atoms with van der Waals surface area (Å²) in [6.07, 6.45) is 5.35. The van der Waals surface area contributed by atoms with Crippen LogP contribution < -0.4 is 4.90 Å². The van der Waals surface area contributed by atoms with Crippen molar-refractivity contribution in [1.29, 1.82) is 0 Å². The van der Waals surface area contributed by atoms with E-state index in [1.165, 1.54) is 0 Å². The Bertz CT molecular complexity index is 533. The van der Waals surface area contributed by atoms with Crippen molar-refractivity contribution in [3.8, 4) is 5.69 Å². The molecule has 0 amide bonds. The van der Waals surface area contributed by atoms with Crippen LogP contribution in [0.15, 0.2) is 30.7 Å².